The van der Waals surface area contributed by atoms with Gasteiger partial charge in [-0.05, 0) is 36.8 Å². The van der Waals surface area contributed by atoms with Gasteiger partial charge in [0.15, 0.2) is 0 Å². The molecule has 0 fully saturated rings. The summed E-state index contributed by atoms with van der Waals surface area (Å²) in [5.74, 6) is 0.312. The molecule has 21 heavy (non-hydrogen) atoms. The van der Waals surface area contributed by atoms with E-state index in [2.05, 4.69) is 15.5 Å². The highest BCUT2D eigenvalue weighted by Crippen LogP contribution is 2.27. The molecule has 0 aliphatic carbocycles. The minimum Gasteiger partial charge on any atom is -0.508 e. The molecule has 0 saturated heterocycles. The van der Waals surface area contributed by atoms with Crippen molar-refractivity contribution in [2.75, 3.05) is 5.32 Å². The van der Waals surface area contributed by atoms with E-state index in [1.165, 1.54) is 0 Å². The Bertz CT molecular complexity index is 705. The van der Waals surface area contributed by atoms with E-state index >= 15 is 0 Å². The zero-order valence-electron chi connectivity index (χ0n) is 11.7. The molecule has 3 rings (SSSR count). The standard InChI is InChI=1S/C17H17N3O/c1-12(15-4-2-3-5-17(15)21)19-14-8-6-13(7-9-14)16-10-11-18-20-16/h2-12,19,21H,1H3,(H,18,20). The van der Waals surface area contributed by atoms with Crippen molar-refractivity contribution >= 4 is 5.69 Å². The molecular weight excluding hydrogens is 262 g/mol. The summed E-state index contributed by atoms with van der Waals surface area (Å²) in [7, 11) is 0. The van der Waals surface area contributed by atoms with Crippen molar-refractivity contribution in [2.45, 2.75) is 13.0 Å². The lowest BCUT2D eigenvalue weighted by Crippen LogP contribution is -2.06. The first-order valence-corrected chi connectivity index (χ1v) is 6.88. The smallest absolute Gasteiger partial charge is 0.120 e. The summed E-state index contributed by atoms with van der Waals surface area (Å²) in [5.41, 5.74) is 3.98. The normalized spacial score (nSPS) is 12.0. The van der Waals surface area contributed by atoms with Gasteiger partial charge in [0.2, 0.25) is 0 Å². The summed E-state index contributed by atoms with van der Waals surface area (Å²) in [6.45, 7) is 2.03. The maximum atomic E-state index is 9.88. The van der Waals surface area contributed by atoms with E-state index in [1.807, 2.05) is 55.5 Å². The predicted molar refractivity (Wildman–Crippen MR) is 84.2 cm³/mol. The second kappa shape index (κ2) is 5.71. The summed E-state index contributed by atoms with van der Waals surface area (Å²) in [6.07, 6.45) is 1.74. The van der Waals surface area contributed by atoms with Crippen LogP contribution in [0.15, 0.2) is 60.8 Å². The molecule has 0 radical (unpaired) electrons. The van der Waals surface area contributed by atoms with Crippen molar-refractivity contribution in [1.29, 1.82) is 0 Å². The number of H-pyrrole nitrogens is 1. The van der Waals surface area contributed by atoms with Crippen LogP contribution in [0, 0.1) is 0 Å². The number of nitrogens with one attached hydrogen (secondary N) is 2. The van der Waals surface area contributed by atoms with E-state index in [4.69, 9.17) is 0 Å². The molecule has 2 aromatic carbocycles. The van der Waals surface area contributed by atoms with Gasteiger partial charge in [-0.2, -0.15) is 5.10 Å². The number of para-hydroxylation sites is 1. The van der Waals surface area contributed by atoms with E-state index in [9.17, 15) is 5.11 Å². The van der Waals surface area contributed by atoms with Gasteiger partial charge in [0.1, 0.15) is 5.75 Å². The van der Waals surface area contributed by atoms with Crippen LogP contribution < -0.4 is 5.32 Å². The average Bonchev–Trinajstić information content (AvgIpc) is 3.02. The van der Waals surface area contributed by atoms with Crippen LogP contribution in [0.1, 0.15) is 18.5 Å². The number of aromatic hydroxyl groups is 1. The molecule has 0 amide bonds. The molecular formula is C17H17N3O. The number of nitrogens with zero attached hydrogens (tertiary/aromatic N) is 1. The molecule has 0 saturated carbocycles. The molecule has 1 atom stereocenters. The Morgan fingerprint density at radius 3 is 2.48 bits per heavy atom. The van der Waals surface area contributed by atoms with E-state index < -0.39 is 0 Å². The Morgan fingerprint density at radius 1 is 1.05 bits per heavy atom. The Labute approximate surface area is 123 Å². The molecule has 0 bridgehead atoms. The first-order valence-electron chi connectivity index (χ1n) is 6.88. The van der Waals surface area contributed by atoms with Crippen molar-refractivity contribution in [3.63, 3.8) is 0 Å². The van der Waals surface area contributed by atoms with Crippen molar-refractivity contribution in [3.05, 3.63) is 66.4 Å². The number of hydrogen-bond acceptors (Lipinski definition) is 3. The molecule has 1 unspecified atom stereocenters. The highest BCUT2D eigenvalue weighted by atomic mass is 16.3. The van der Waals surface area contributed by atoms with Gasteiger partial charge in [0, 0.05) is 17.4 Å². The van der Waals surface area contributed by atoms with Crippen molar-refractivity contribution < 1.29 is 5.11 Å². The second-order valence-electron chi connectivity index (χ2n) is 4.97. The van der Waals surface area contributed by atoms with Crippen LogP contribution in [-0.4, -0.2) is 15.3 Å². The third-order valence-corrected chi connectivity index (χ3v) is 3.48. The van der Waals surface area contributed by atoms with Crippen LogP contribution in [0.2, 0.25) is 0 Å². The summed E-state index contributed by atoms with van der Waals surface area (Å²) >= 11 is 0. The number of phenolic OH excluding ortho intramolecular Hbond substituents is 1. The molecule has 1 heterocycles. The SMILES string of the molecule is CC(Nc1ccc(-c2ccn[nH]2)cc1)c1ccccc1O. The number of rotatable bonds is 4. The van der Waals surface area contributed by atoms with Gasteiger partial charge in [-0.1, -0.05) is 30.3 Å². The molecule has 3 aromatic rings. The Morgan fingerprint density at radius 2 is 1.81 bits per heavy atom. The van der Waals surface area contributed by atoms with Gasteiger partial charge in [-0.3, -0.25) is 5.10 Å². The summed E-state index contributed by atoms with van der Waals surface area (Å²) in [4.78, 5) is 0. The lowest BCUT2D eigenvalue weighted by atomic mass is 10.1. The van der Waals surface area contributed by atoms with Gasteiger partial charge in [0.05, 0.1) is 11.7 Å². The van der Waals surface area contributed by atoms with Crippen molar-refractivity contribution in [2.24, 2.45) is 0 Å². The molecule has 4 heteroatoms. The molecule has 3 N–H and O–H groups in total. The number of benzene rings is 2. The third-order valence-electron chi connectivity index (χ3n) is 3.48. The van der Waals surface area contributed by atoms with Crippen LogP contribution in [-0.2, 0) is 0 Å². The zero-order valence-corrected chi connectivity index (χ0v) is 11.7. The van der Waals surface area contributed by atoms with Gasteiger partial charge in [-0.15, -0.1) is 0 Å². The maximum Gasteiger partial charge on any atom is 0.120 e. The van der Waals surface area contributed by atoms with Gasteiger partial charge >= 0.3 is 0 Å². The zero-order chi connectivity index (χ0) is 14.7. The first kappa shape index (κ1) is 13.2. The van der Waals surface area contributed by atoms with Crippen molar-refractivity contribution in [3.8, 4) is 17.0 Å². The lowest BCUT2D eigenvalue weighted by Gasteiger charge is -2.17. The monoisotopic (exact) mass is 279 g/mol. The highest BCUT2D eigenvalue weighted by molar-refractivity contribution is 5.62. The maximum absolute atomic E-state index is 9.88. The molecule has 0 spiro atoms. The number of hydrogen-bond donors (Lipinski definition) is 3. The topological polar surface area (TPSA) is 60.9 Å². The number of aromatic nitrogens is 2. The molecule has 106 valence electrons. The van der Waals surface area contributed by atoms with E-state index in [0.29, 0.717) is 5.75 Å². The fraction of sp³-hybridized carbons (Fsp3) is 0.118. The highest BCUT2D eigenvalue weighted by Gasteiger charge is 2.09. The van der Waals surface area contributed by atoms with E-state index in [1.54, 1.807) is 12.3 Å². The van der Waals surface area contributed by atoms with Crippen LogP contribution in [0.3, 0.4) is 0 Å². The Balaban J connectivity index is 1.75. The van der Waals surface area contributed by atoms with Crippen LogP contribution in [0.25, 0.3) is 11.3 Å². The Hall–Kier alpha value is -2.75. The fourth-order valence-corrected chi connectivity index (χ4v) is 2.34. The van der Waals surface area contributed by atoms with E-state index in [0.717, 1.165) is 22.5 Å². The third kappa shape index (κ3) is 2.89. The predicted octanol–water partition coefficient (Wildman–Crippen LogP) is 3.96. The van der Waals surface area contributed by atoms with Crippen LogP contribution in [0.5, 0.6) is 5.75 Å². The number of anilines is 1. The number of phenols is 1. The minimum atomic E-state index is 0.0317. The summed E-state index contributed by atoms with van der Waals surface area (Å²) < 4.78 is 0. The molecule has 4 nitrogen and oxygen atoms in total. The fourth-order valence-electron chi connectivity index (χ4n) is 2.34. The van der Waals surface area contributed by atoms with Gasteiger partial charge < -0.3 is 10.4 Å². The first-order chi connectivity index (χ1) is 10.2. The van der Waals surface area contributed by atoms with Gasteiger partial charge in [-0.25, -0.2) is 0 Å². The summed E-state index contributed by atoms with van der Waals surface area (Å²) in [5, 5.41) is 20.2. The van der Waals surface area contributed by atoms with Crippen molar-refractivity contribution in [1.82, 2.24) is 10.2 Å². The number of aromatic amines is 1. The quantitative estimate of drug-likeness (QED) is 0.677. The summed E-state index contributed by atoms with van der Waals surface area (Å²) in [6, 6.07) is 17.5. The van der Waals surface area contributed by atoms with E-state index in [-0.39, 0.29) is 6.04 Å². The second-order valence-corrected chi connectivity index (χ2v) is 4.97. The average molecular weight is 279 g/mol. The molecule has 0 aliphatic rings. The van der Waals surface area contributed by atoms with Gasteiger partial charge in [0.25, 0.3) is 0 Å². The largest absolute Gasteiger partial charge is 0.508 e. The van der Waals surface area contributed by atoms with Crippen LogP contribution in [0.4, 0.5) is 5.69 Å². The minimum absolute atomic E-state index is 0.0317. The molecule has 1 aromatic heterocycles. The lowest BCUT2D eigenvalue weighted by molar-refractivity contribution is 0.465. The molecule has 0 aliphatic heterocycles. The van der Waals surface area contributed by atoms with Crippen LogP contribution >= 0.6 is 0 Å². The Kier molecular flexibility index (Phi) is 3.60.